The van der Waals surface area contributed by atoms with Gasteiger partial charge in [0.05, 0.1) is 5.70 Å². The fraction of sp³-hybridized carbons (Fsp3) is 0.0833. The summed E-state index contributed by atoms with van der Waals surface area (Å²) in [5, 5.41) is 2.92. The predicted molar refractivity (Wildman–Crippen MR) is 60.0 cm³/mol. The summed E-state index contributed by atoms with van der Waals surface area (Å²) in [5.41, 5.74) is 3.15. The molecule has 0 unspecified atom stereocenters. The topological polar surface area (TPSA) is 29.1 Å². The van der Waals surface area contributed by atoms with Crippen molar-refractivity contribution in [2.75, 3.05) is 5.32 Å². The molecule has 2 heteroatoms. The molecular formula is C12H13NO. The third-order valence-corrected chi connectivity index (χ3v) is 1.82. The second-order valence-corrected chi connectivity index (χ2v) is 3.09. The van der Waals surface area contributed by atoms with Crippen molar-refractivity contribution in [2.45, 2.75) is 6.92 Å². The van der Waals surface area contributed by atoms with Crippen LogP contribution in [0.2, 0.25) is 0 Å². The van der Waals surface area contributed by atoms with Crippen molar-refractivity contribution in [2.24, 2.45) is 0 Å². The smallest absolute Gasteiger partial charge is 0.165 e. The molecule has 0 aromatic heterocycles. The van der Waals surface area contributed by atoms with Crippen molar-refractivity contribution in [1.82, 2.24) is 0 Å². The van der Waals surface area contributed by atoms with Crippen LogP contribution < -0.4 is 5.32 Å². The molecule has 1 N–H and O–H groups in total. The van der Waals surface area contributed by atoms with Gasteiger partial charge in [0, 0.05) is 11.3 Å². The molecule has 72 valence electrons. The van der Waals surface area contributed by atoms with Crippen molar-refractivity contribution in [3.8, 4) is 0 Å². The monoisotopic (exact) mass is 187 g/mol. The first-order valence-corrected chi connectivity index (χ1v) is 4.31. The Morgan fingerprint density at radius 3 is 2.57 bits per heavy atom. The highest BCUT2D eigenvalue weighted by Gasteiger charge is 2.01. The van der Waals surface area contributed by atoms with E-state index < -0.39 is 0 Å². The van der Waals surface area contributed by atoms with Gasteiger partial charge in [0.2, 0.25) is 0 Å². The van der Waals surface area contributed by atoms with Crippen LogP contribution in [-0.2, 0) is 4.79 Å². The summed E-state index contributed by atoms with van der Waals surface area (Å²) in [6, 6.07) is 7.66. The SMILES string of the molecule is C=C(C=O)Nc1ccccc1C(=C)C. The Morgan fingerprint density at radius 1 is 1.36 bits per heavy atom. The van der Waals surface area contributed by atoms with Gasteiger partial charge in [-0.1, -0.05) is 31.4 Å². The number of rotatable bonds is 4. The zero-order valence-electron chi connectivity index (χ0n) is 8.21. The van der Waals surface area contributed by atoms with Gasteiger partial charge in [0.25, 0.3) is 0 Å². The van der Waals surface area contributed by atoms with Gasteiger partial charge in [-0.2, -0.15) is 0 Å². The van der Waals surface area contributed by atoms with Crippen LogP contribution in [-0.4, -0.2) is 6.29 Å². The minimum Gasteiger partial charge on any atom is -0.353 e. The van der Waals surface area contributed by atoms with E-state index in [1.807, 2.05) is 31.2 Å². The van der Waals surface area contributed by atoms with Gasteiger partial charge in [0.1, 0.15) is 0 Å². The van der Waals surface area contributed by atoms with E-state index in [2.05, 4.69) is 18.5 Å². The molecule has 0 saturated carbocycles. The highest BCUT2D eigenvalue weighted by molar-refractivity contribution is 5.82. The largest absolute Gasteiger partial charge is 0.353 e. The summed E-state index contributed by atoms with van der Waals surface area (Å²) in [6.45, 7) is 9.34. The Bertz CT molecular complexity index is 380. The van der Waals surface area contributed by atoms with E-state index >= 15 is 0 Å². The van der Waals surface area contributed by atoms with Crippen LogP contribution in [0.1, 0.15) is 12.5 Å². The van der Waals surface area contributed by atoms with Gasteiger partial charge in [-0.25, -0.2) is 0 Å². The van der Waals surface area contributed by atoms with Crippen LogP contribution in [0.15, 0.2) is 43.1 Å². The molecule has 0 atom stereocenters. The summed E-state index contributed by atoms with van der Waals surface area (Å²) in [6.07, 6.45) is 0.690. The van der Waals surface area contributed by atoms with E-state index in [-0.39, 0.29) is 0 Å². The lowest BCUT2D eigenvalue weighted by atomic mass is 10.1. The molecule has 0 spiro atoms. The maximum absolute atomic E-state index is 10.4. The van der Waals surface area contributed by atoms with Crippen LogP contribution in [0.25, 0.3) is 5.57 Å². The van der Waals surface area contributed by atoms with Gasteiger partial charge < -0.3 is 5.32 Å². The number of carbonyl (C=O) groups is 1. The summed E-state index contributed by atoms with van der Waals surface area (Å²) < 4.78 is 0. The van der Waals surface area contributed by atoms with E-state index in [4.69, 9.17) is 0 Å². The molecule has 0 aliphatic carbocycles. The number of nitrogens with one attached hydrogen (secondary N) is 1. The fourth-order valence-corrected chi connectivity index (χ4v) is 1.17. The number of benzene rings is 1. The zero-order chi connectivity index (χ0) is 10.6. The molecular weight excluding hydrogens is 174 g/mol. The van der Waals surface area contributed by atoms with Gasteiger partial charge in [-0.15, -0.1) is 0 Å². The molecule has 1 aromatic carbocycles. The Morgan fingerprint density at radius 2 is 2.00 bits per heavy atom. The number of hydrogen-bond donors (Lipinski definition) is 1. The minimum absolute atomic E-state index is 0.346. The lowest BCUT2D eigenvalue weighted by Gasteiger charge is -2.10. The molecule has 0 heterocycles. The molecule has 0 radical (unpaired) electrons. The second kappa shape index (κ2) is 4.42. The molecule has 0 saturated heterocycles. The molecule has 0 bridgehead atoms. The fourth-order valence-electron chi connectivity index (χ4n) is 1.17. The maximum Gasteiger partial charge on any atom is 0.165 e. The Labute approximate surface area is 84.0 Å². The molecule has 0 amide bonds. The van der Waals surface area contributed by atoms with Crippen molar-refractivity contribution in [3.63, 3.8) is 0 Å². The van der Waals surface area contributed by atoms with Crippen molar-refractivity contribution < 1.29 is 4.79 Å². The first kappa shape index (κ1) is 10.3. The van der Waals surface area contributed by atoms with Crippen LogP contribution in [0.5, 0.6) is 0 Å². The molecule has 1 rings (SSSR count). The third kappa shape index (κ3) is 2.33. The lowest BCUT2D eigenvalue weighted by molar-refractivity contribution is -0.104. The summed E-state index contributed by atoms with van der Waals surface area (Å²) >= 11 is 0. The summed E-state index contributed by atoms with van der Waals surface area (Å²) in [4.78, 5) is 10.4. The van der Waals surface area contributed by atoms with E-state index in [9.17, 15) is 4.79 Å². The number of carbonyl (C=O) groups excluding carboxylic acids is 1. The van der Waals surface area contributed by atoms with Gasteiger partial charge in [-0.3, -0.25) is 4.79 Å². The molecule has 14 heavy (non-hydrogen) atoms. The van der Waals surface area contributed by atoms with E-state index in [1.165, 1.54) is 0 Å². The second-order valence-electron chi connectivity index (χ2n) is 3.09. The number of hydrogen-bond acceptors (Lipinski definition) is 2. The van der Waals surface area contributed by atoms with E-state index in [1.54, 1.807) is 0 Å². The van der Waals surface area contributed by atoms with Crippen LogP contribution in [0.4, 0.5) is 5.69 Å². The summed E-state index contributed by atoms with van der Waals surface area (Å²) in [5.74, 6) is 0. The van der Waals surface area contributed by atoms with E-state index in [0.717, 1.165) is 16.8 Å². The highest BCUT2D eigenvalue weighted by atomic mass is 16.1. The van der Waals surface area contributed by atoms with Gasteiger partial charge >= 0.3 is 0 Å². The van der Waals surface area contributed by atoms with Crippen LogP contribution in [0, 0.1) is 0 Å². The average molecular weight is 187 g/mol. The maximum atomic E-state index is 10.4. The molecule has 0 aliphatic heterocycles. The molecule has 0 aliphatic rings. The first-order valence-electron chi connectivity index (χ1n) is 4.31. The Kier molecular flexibility index (Phi) is 3.24. The van der Waals surface area contributed by atoms with Crippen molar-refractivity contribution in [1.29, 1.82) is 0 Å². The standard InChI is InChI=1S/C12H13NO/c1-9(2)11-6-4-5-7-12(11)13-10(3)8-14/h4-8,13H,1,3H2,2H3. The number of allylic oxidation sites excluding steroid dienone is 2. The van der Waals surface area contributed by atoms with Gasteiger partial charge in [-0.05, 0) is 18.6 Å². The first-order chi connectivity index (χ1) is 6.65. The molecule has 1 aromatic rings. The van der Waals surface area contributed by atoms with Crippen molar-refractivity contribution >= 4 is 17.5 Å². The van der Waals surface area contributed by atoms with Crippen molar-refractivity contribution in [3.05, 3.63) is 48.7 Å². The number of anilines is 1. The molecule has 0 fully saturated rings. The van der Waals surface area contributed by atoms with Gasteiger partial charge in [0.15, 0.2) is 6.29 Å². The van der Waals surface area contributed by atoms with E-state index in [0.29, 0.717) is 12.0 Å². The third-order valence-electron chi connectivity index (χ3n) is 1.82. The minimum atomic E-state index is 0.346. The average Bonchev–Trinajstić information content (AvgIpc) is 2.18. The van der Waals surface area contributed by atoms with Crippen LogP contribution >= 0.6 is 0 Å². The molecule has 2 nitrogen and oxygen atoms in total. The zero-order valence-corrected chi connectivity index (χ0v) is 8.21. The number of aldehydes is 1. The summed E-state index contributed by atoms with van der Waals surface area (Å²) in [7, 11) is 0. The predicted octanol–water partition coefficient (Wildman–Crippen LogP) is 2.84. The highest BCUT2D eigenvalue weighted by Crippen LogP contribution is 2.22. The Hall–Kier alpha value is -1.83. The lowest BCUT2D eigenvalue weighted by Crippen LogP contribution is -2.00. The van der Waals surface area contributed by atoms with Crippen LogP contribution in [0.3, 0.4) is 0 Å². The quantitative estimate of drug-likeness (QED) is 0.580. The Balaban J connectivity index is 3.01. The normalized spacial score (nSPS) is 9.21. The number of para-hydroxylation sites is 1.